The molecule has 0 spiro atoms. The monoisotopic (exact) mass is 293 g/mol. The van der Waals surface area contributed by atoms with Crippen molar-refractivity contribution in [3.05, 3.63) is 34.9 Å². The van der Waals surface area contributed by atoms with Crippen LogP contribution in [0.2, 0.25) is 0 Å². The van der Waals surface area contributed by atoms with Crippen LogP contribution in [0, 0.1) is 6.92 Å². The third-order valence-electron chi connectivity index (χ3n) is 3.94. The molecule has 0 aliphatic carbocycles. The van der Waals surface area contributed by atoms with Gasteiger partial charge in [0.25, 0.3) is 0 Å². The van der Waals surface area contributed by atoms with Crippen LogP contribution in [-0.2, 0) is 11.3 Å². The van der Waals surface area contributed by atoms with Crippen molar-refractivity contribution in [1.29, 1.82) is 0 Å². The molecule has 116 valence electrons. The highest BCUT2D eigenvalue weighted by molar-refractivity contribution is 5.97. The quantitative estimate of drug-likeness (QED) is 0.277. The SMILES string of the molecule is Cc1cc(/C(N)=N/O)ccc1CNCC1(O)CCOCC1. The molecule has 0 amide bonds. The lowest BCUT2D eigenvalue weighted by Gasteiger charge is -2.32. The van der Waals surface area contributed by atoms with Gasteiger partial charge in [-0.15, -0.1) is 0 Å². The van der Waals surface area contributed by atoms with Crippen LogP contribution in [-0.4, -0.2) is 41.5 Å². The fraction of sp³-hybridized carbons (Fsp3) is 0.533. The van der Waals surface area contributed by atoms with Gasteiger partial charge in [-0.1, -0.05) is 17.3 Å². The van der Waals surface area contributed by atoms with Gasteiger partial charge in [-0.2, -0.15) is 0 Å². The van der Waals surface area contributed by atoms with Gasteiger partial charge in [0, 0.05) is 44.7 Å². The summed E-state index contributed by atoms with van der Waals surface area (Å²) in [5.41, 5.74) is 7.78. The van der Waals surface area contributed by atoms with E-state index in [4.69, 9.17) is 15.7 Å². The summed E-state index contributed by atoms with van der Waals surface area (Å²) in [6, 6.07) is 5.65. The normalized spacial score (nSPS) is 18.7. The van der Waals surface area contributed by atoms with Gasteiger partial charge in [0.05, 0.1) is 5.60 Å². The fourth-order valence-corrected chi connectivity index (χ4v) is 2.47. The van der Waals surface area contributed by atoms with Gasteiger partial charge in [0.2, 0.25) is 0 Å². The van der Waals surface area contributed by atoms with Crippen molar-refractivity contribution in [2.24, 2.45) is 10.9 Å². The van der Waals surface area contributed by atoms with E-state index in [1.54, 1.807) is 0 Å². The first-order valence-corrected chi connectivity index (χ1v) is 7.12. The summed E-state index contributed by atoms with van der Waals surface area (Å²) in [5.74, 6) is 0.106. The predicted octanol–water partition coefficient (Wildman–Crippen LogP) is 0.721. The molecule has 5 N–H and O–H groups in total. The number of rotatable bonds is 5. The van der Waals surface area contributed by atoms with Crippen molar-refractivity contribution in [2.45, 2.75) is 31.9 Å². The number of oxime groups is 1. The highest BCUT2D eigenvalue weighted by Crippen LogP contribution is 2.19. The molecular weight excluding hydrogens is 270 g/mol. The largest absolute Gasteiger partial charge is 0.409 e. The number of nitrogens with zero attached hydrogens (tertiary/aromatic N) is 1. The van der Waals surface area contributed by atoms with E-state index >= 15 is 0 Å². The molecular formula is C15H23N3O3. The number of aliphatic hydroxyl groups is 1. The van der Waals surface area contributed by atoms with E-state index in [0.717, 1.165) is 11.1 Å². The number of benzene rings is 1. The topological polar surface area (TPSA) is 100 Å². The molecule has 0 bridgehead atoms. The second-order valence-corrected chi connectivity index (χ2v) is 5.57. The summed E-state index contributed by atoms with van der Waals surface area (Å²) in [6.07, 6.45) is 1.34. The van der Waals surface area contributed by atoms with Crippen LogP contribution < -0.4 is 11.1 Å². The second-order valence-electron chi connectivity index (χ2n) is 5.57. The van der Waals surface area contributed by atoms with Crippen molar-refractivity contribution < 1.29 is 15.1 Å². The highest BCUT2D eigenvalue weighted by Gasteiger charge is 2.29. The Labute approximate surface area is 124 Å². The van der Waals surface area contributed by atoms with Crippen molar-refractivity contribution in [1.82, 2.24) is 5.32 Å². The first-order chi connectivity index (χ1) is 10.0. The van der Waals surface area contributed by atoms with Crippen molar-refractivity contribution in [2.75, 3.05) is 19.8 Å². The number of nitrogens with one attached hydrogen (secondary N) is 1. The van der Waals surface area contributed by atoms with Crippen molar-refractivity contribution in [3.8, 4) is 0 Å². The minimum Gasteiger partial charge on any atom is -0.409 e. The Morgan fingerprint density at radius 3 is 2.76 bits per heavy atom. The zero-order valence-corrected chi connectivity index (χ0v) is 12.3. The van der Waals surface area contributed by atoms with Gasteiger partial charge in [0.1, 0.15) is 0 Å². The van der Waals surface area contributed by atoms with Crippen molar-refractivity contribution >= 4 is 5.84 Å². The molecule has 0 radical (unpaired) electrons. The molecule has 1 aliphatic heterocycles. The van der Waals surface area contributed by atoms with Crippen LogP contribution >= 0.6 is 0 Å². The lowest BCUT2D eigenvalue weighted by Crippen LogP contribution is -2.44. The van der Waals surface area contributed by atoms with Gasteiger partial charge >= 0.3 is 0 Å². The lowest BCUT2D eigenvalue weighted by molar-refractivity contribution is -0.0617. The van der Waals surface area contributed by atoms with Crippen LogP contribution in [0.5, 0.6) is 0 Å². The summed E-state index contributed by atoms with van der Waals surface area (Å²) >= 11 is 0. The summed E-state index contributed by atoms with van der Waals surface area (Å²) in [4.78, 5) is 0. The average Bonchev–Trinajstić information content (AvgIpc) is 2.48. The molecule has 1 aromatic rings. The van der Waals surface area contributed by atoms with E-state index in [1.165, 1.54) is 0 Å². The van der Waals surface area contributed by atoms with Crippen LogP contribution in [0.25, 0.3) is 0 Å². The van der Waals surface area contributed by atoms with Crippen LogP contribution in [0.3, 0.4) is 0 Å². The molecule has 0 unspecified atom stereocenters. The van der Waals surface area contributed by atoms with Crippen LogP contribution in [0.1, 0.15) is 29.5 Å². The van der Waals surface area contributed by atoms with Gasteiger partial charge in [-0.25, -0.2) is 0 Å². The number of hydrogen-bond donors (Lipinski definition) is 4. The lowest BCUT2D eigenvalue weighted by atomic mass is 9.94. The third-order valence-corrected chi connectivity index (χ3v) is 3.94. The Morgan fingerprint density at radius 2 is 2.14 bits per heavy atom. The Bertz CT molecular complexity index is 511. The van der Waals surface area contributed by atoms with Gasteiger partial charge in [-0.3, -0.25) is 0 Å². The highest BCUT2D eigenvalue weighted by atomic mass is 16.5. The van der Waals surface area contributed by atoms with Crippen LogP contribution in [0.4, 0.5) is 0 Å². The average molecular weight is 293 g/mol. The molecule has 1 heterocycles. The molecule has 1 aliphatic rings. The third kappa shape index (κ3) is 4.17. The number of nitrogens with two attached hydrogens (primary N) is 1. The Hall–Kier alpha value is -1.63. The molecule has 0 atom stereocenters. The van der Waals surface area contributed by atoms with E-state index in [-0.39, 0.29) is 5.84 Å². The molecule has 6 nitrogen and oxygen atoms in total. The molecule has 1 aromatic carbocycles. The summed E-state index contributed by atoms with van der Waals surface area (Å²) in [6.45, 7) is 4.44. The summed E-state index contributed by atoms with van der Waals surface area (Å²) < 4.78 is 5.26. The zero-order valence-electron chi connectivity index (χ0n) is 12.3. The number of hydrogen-bond acceptors (Lipinski definition) is 5. The summed E-state index contributed by atoms with van der Waals surface area (Å²) in [7, 11) is 0. The first kappa shape index (κ1) is 15.8. The molecule has 6 heteroatoms. The molecule has 1 fully saturated rings. The summed E-state index contributed by atoms with van der Waals surface area (Å²) in [5, 5.41) is 25.3. The van der Waals surface area contributed by atoms with Crippen LogP contribution in [0.15, 0.2) is 23.4 Å². The Balaban J connectivity index is 1.91. The van der Waals surface area contributed by atoms with Crippen molar-refractivity contribution in [3.63, 3.8) is 0 Å². The fourth-order valence-electron chi connectivity index (χ4n) is 2.47. The first-order valence-electron chi connectivity index (χ1n) is 7.12. The minimum atomic E-state index is -0.667. The van der Waals surface area contributed by atoms with E-state index < -0.39 is 5.60 Å². The maximum Gasteiger partial charge on any atom is 0.170 e. The number of ether oxygens (including phenoxy) is 1. The zero-order chi connectivity index (χ0) is 15.3. The van der Waals surface area contributed by atoms with E-state index in [9.17, 15) is 5.11 Å². The Morgan fingerprint density at radius 1 is 1.43 bits per heavy atom. The minimum absolute atomic E-state index is 0.106. The van der Waals surface area contributed by atoms with Gasteiger partial charge < -0.3 is 26.1 Å². The van der Waals surface area contributed by atoms with Gasteiger partial charge in [0.15, 0.2) is 5.84 Å². The van der Waals surface area contributed by atoms with E-state index in [2.05, 4.69) is 10.5 Å². The molecule has 0 aromatic heterocycles. The van der Waals surface area contributed by atoms with Gasteiger partial charge in [-0.05, 0) is 24.1 Å². The molecule has 21 heavy (non-hydrogen) atoms. The van der Waals surface area contributed by atoms with E-state index in [0.29, 0.717) is 44.7 Å². The van der Waals surface area contributed by atoms with E-state index in [1.807, 2.05) is 25.1 Å². The Kier molecular flexibility index (Phi) is 5.17. The maximum absolute atomic E-state index is 10.4. The number of aryl methyl sites for hydroxylation is 1. The standard InChI is InChI=1S/C15H23N3O3/c1-11-8-12(14(16)18-20)2-3-13(11)9-17-10-15(19)4-6-21-7-5-15/h2-3,8,17,19-20H,4-7,9-10H2,1H3,(H2,16,18). The smallest absolute Gasteiger partial charge is 0.170 e. The molecule has 2 rings (SSSR count). The molecule has 0 saturated carbocycles. The maximum atomic E-state index is 10.4. The number of amidine groups is 1. The second kappa shape index (κ2) is 6.89. The predicted molar refractivity (Wildman–Crippen MR) is 80.4 cm³/mol. The molecule has 1 saturated heterocycles.